The molecule has 4 rings (SSSR count). The number of carbonyl (C=O) groups excluding carboxylic acids is 2. The molecule has 2 amide bonds. The van der Waals surface area contributed by atoms with Crippen LogP contribution in [0, 0.1) is 0 Å². The van der Waals surface area contributed by atoms with Gasteiger partial charge in [-0.25, -0.2) is 9.97 Å². The lowest BCUT2D eigenvalue weighted by atomic mass is 10.2. The second-order valence-electron chi connectivity index (χ2n) is 4.73. The summed E-state index contributed by atoms with van der Waals surface area (Å²) in [6, 6.07) is 9.49. The van der Waals surface area contributed by atoms with E-state index in [0.29, 0.717) is 11.4 Å². The number of amides is 2. The third kappa shape index (κ3) is 2.77. The molecule has 0 spiro atoms. The molecule has 0 bridgehead atoms. The van der Waals surface area contributed by atoms with Gasteiger partial charge in [0, 0.05) is 12.4 Å². The summed E-state index contributed by atoms with van der Waals surface area (Å²) in [6.45, 7) is 0.293. The van der Waals surface area contributed by atoms with E-state index in [4.69, 9.17) is 0 Å². The number of benzene rings is 1. The summed E-state index contributed by atoms with van der Waals surface area (Å²) in [4.78, 5) is 35.1. The Morgan fingerprint density at radius 1 is 0.913 bits per heavy atom. The van der Waals surface area contributed by atoms with E-state index in [2.05, 4.69) is 9.97 Å². The number of imide groups is 1. The largest absolute Gasteiger partial charge is 0.293 e. The molecule has 8 heteroatoms. The van der Waals surface area contributed by atoms with Gasteiger partial charge in [-0.3, -0.25) is 14.5 Å². The molecule has 1 saturated heterocycles. The molecule has 1 aromatic heterocycles. The number of hydrogen-bond donors (Lipinski definition) is 0. The molecule has 2 aliphatic rings. The Balaban J connectivity index is 1.60. The van der Waals surface area contributed by atoms with Crippen molar-refractivity contribution in [2.24, 2.45) is 0 Å². The molecule has 0 N–H and O–H groups in total. The van der Waals surface area contributed by atoms with Crippen molar-refractivity contribution in [3.05, 3.63) is 57.4 Å². The molecule has 2 aliphatic heterocycles. The maximum Gasteiger partial charge on any atom is 0.293 e. The van der Waals surface area contributed by atoms with E-state index in [9.17, 15) is 9.59 Å². The molecular formula is C15H9N3O2S3. The van der Waals surface area contributed by atoms with Crippen LogP contribution >= 0.6 is 35.3 Å². The summed E-state index contributed by atoms with van der Waals surface area (Å²) in [5.74, 6) is -0.244. The predicted octanol–water partition coefficient (Wildman–Crippen LogP) is 3.74. The quantitative estimate of drug-likeness (QED) is 0.757. The Bertz CT molecular complexity index is 812. The summed E-state index contributed by atoms with van der Waals surface area (Å²) in [7, 11) is 0. The van der Waals surface area contributed by atoms with Crippen LogP contribution in [0.25, 0.3) is 0 Å². The van der Waals surface area contributed by atoms with E-state index in [1.807, 2.05) is 30.3 Å². The van der Waals surface area contributed by atoms with Crippen LogP contribution in [-0.2, 0) is 11.3 Å². The molecule has 2 aromatic rings. The van der Waals surface area contributed by atoms with E-state index in [-0.39, 0.29) is 11.1 Å². The highest BCUT2D eigenvalue weighted by molar-refractivity contribution is 8.27. The van der Waals surface area contributed by atoms with E-state index >= 15 is 0 Å². The number of rotatable bonds is 2. The van der Waals surface area contributed by atoms with Gasteiger partial charge in [-0.2, -0.15) is 0 Å². The maximum absolute atomic E-state index is 12.6. The fourth-order valence-corrected chi connectivity index (χ4v) is 5.49. The van der Waals surface area contributed by atoms with Crippen molar-refractivity contribution in [3.63, 3.8) is 0 Å². The van der Waals surface area contributed by atoms with Gasteiger partial charge in [0.15, 0.2) is 0 Å². The lowest BCUT2D eigenvalue weighted by Crippen LogP contribution is -2.27. The average Bonchev–Trinajstić information content (AvgIpc) is 3.12. The lowest BCUT2D eigenvalue weighted by Gasteiger charge is -2.12. The first-order valence-electron chi connectivity index (χ1n) is 6.71. The Labute approximate surface area is 145 Å². The van der Waals surface area contributed by atoms with Crippen LogP contribution in [0.15, 0.2) is 61.9 Å². The predicted molar refractivity (Wildman–Crippen MR) is 90.8 cm³/mol. The molecule has 0 radical (unpaired) electrons. The van der Waals surface area contributed by atoms with Crippen LogP contribution < -0.4 is 0 Å². The molecule has 1 aromatic carbocycles. The minimum absolute atomic E-state index is 0.237. The van der Waals surface area contributed by atoms with E-state index in [1.54, 1.807) is 12.4 Å². The number of thioether (sulfide) groups is 3. The summed E-state index contributed by atoms with van der Waals surface area (Å²) < 4.78 is 0.783. The van der Waals surface area contributed by atoms with Crippen molar-refractivity contribution < 1.29 is 9.59 Å². The molecule has 3 heterocycles. The van der Waals surface area contributed by atoms with E-state index < -0.39 is 0 Å². The van der Waals surface area contributed by atoms with Gasteiger partial charge in [0.2, 0.25) is 0 Å². The first-order valence-corrected chi connectivity index (χ1v) is 9.16. The third-order valence-electron chi connectivity index (χ3n) is 3.23. The number of nitrogens with zero attached hydrogens (tertiary/aromatic N) is 3. The number of aromatic nitrogens is 2. The van der Waals surface area contributed by atoms with Gasteiger partial charge in [0.05, 0.1) is 10.8 Å². The van der Waals surface area contributed by atoms with Crippen LogP contribution in [0.3, 0.4) is 0 Å². The second kappa shape index (κ2) is 6.03. The van der Waals surface area contributed by atoms with Crippen LogP contribution in [0.5, 0.6) is 0 Å². The van der Waals surface area contributed by atoms with Crippen LogP contribution in [0.2, 0.25) is 0 Å². The number of hydrogen-bond acceptors (Lipinski definition) is 7. The van der Waals surface area contributed by atoms with Crippen LogP contribution in [-0.4, -0.2) is 26.0 Å². The zero-order valence-electron chi connectivity index (χ0n) is 11.6. The first-order chi connectivity index (χ1) is 11.2. The SMILES string of the molecule is O=C1SC(=C2Sc3nccnc3S2)C(=O)N1Cc1ccccc1. The monoisotopic (exact) mass is 359 g/mol. The van der Waals surface area contributed by atoms with Crippen molar-refractivity contribution in [1.29, 1.82) is 0 Å². The van der Waals surface area contributed by atoms with Gasteiger partial charge < -0.3 is 0 Å². The fourth-order valence-electron chi connectivity index (χ4n) is 2.16. The summed E-state index contributed by atoms with van der Waals surface area (Å²) in [5.41, 5.74) is 0.930. The van der Waals surface area contributed by atoms with E-state index in [1.165, 1.54) is 28.4 Å². The Hall–Kier alpha value is -1.77. The van der Waals surface area contributed by atoms with Crippen molar-refractivity contribution in [1.82, 2.24) is 14.9 Å². The van der Waals surface area contributed by atoms with Crippen LogP contribution in [0.1, 0.15) is 5.56 Å². The topological polar surface area (TPSA) is 63.2 Å². The van der Waals surface area contributed by atoms with Gasteiger partial charge in [-0.1, -0.05) is 53.9 Å². The molecule has 0 unspecified atom stereocenters. The normalized spacial score (nSPS) is 17.1. The smallest absolute Gasteiger partial charge is 0.268 e. The summed E-state index contributed by atoms with van der Waals surface area (Å²) >= 11 is 3.78. The Kier molecular flexibility index (Phi) is 3.88. The molecule has 114 valence electrons. The maximum atomic E-state index is 12.6. The molecule has 23 heavy (non-hydrogen) atoms. The highest BCUT2D eigenvalue weighted by Gasteiger charge is 2.39. The van der Waals surface area contributed by atoms with Gasteiger partial charge in [0.1, 0.15) is 15.0 Å². The lowest BCUT2D eigenvalue weighted by molar-refractivity contribution is -0.123. The first kappa shape index (κ1) is 14.8. The van der Waals surface area contributed by atoms with Gasteiger partial charge in [-0.05, 0) is 17.3 Å². The molecule has 0 saturated carbocycles. The fraction of sp³-hybridized carbons (Fsp3) is 0.0667. The third-order valence-corrected chi connectivity index (χ3v) is 6.86. The van der Waals surface area contributed by atoms with Gasteiger partial charge in [-0.15, -0.1) is 0 Å². The molecule has 0 aliphatic carbocycles. The van der Waals surface area contributed by atoms with Gasteiger partial charge >= 0.3 is 0 Å². The zero-order valence-corrected chi connectivity index (χ0v) is 14.1. The van der Waals surface area contributed by atoms with E-state index in [0.717, 1.165) is 31.6 Å². The van der Waals surface area contributed by atoms with Crippen molar-refractivity contribution >= 4 is 46.4 Å². The second-order valence-corrected chi connectivity index (χ2v) is 7.95. The number of fused-ring (bicyclic) bond motifs is 1. The van der Waals surface area contributed by atoms with Gasteiger partial charge in [0.25, 0.3) is 11.1 Å². The van der Waals surface area contributed by atoms with Crippen molar-refractivity contribution in [2.45, 2.75) is 16.6 Å². The Morgan fingerprint density at radius 3 is 2.22 bits per heavy atom. The minimum Gasteiger partial charge on any atom is -0.268 e. The average molecular weight is 359 g/mol. The summed E-state index contributed by atoms with van der Waals surface area (Å²) in [6.07, 6.45) is 3.24. The standard InChI is InChI=1S/C15H9N3O2S3/c19-13-10(14-22-11-12(23-14)17-7-6-16-11)21-15(20)18(13)8-9-4-2-1-3-5-9/h1-7H,8H2. The number of carbonyl (C=O) groups is 2. The molecular weight excluding hydrogens is 350 g/mol. The summed E-state index contributed by atoms with van der Waals surface area (Å²) in [5, 5.41) is 1.32. The molecule has 1 fully saturated rings. The van der Waals surface area contributed by atoms with Crippen molar-refractivity contribution in [3.8, 4) is 0 Å². The Morgan fingerprint density at radius 2 is 1.57 bits per heavy atom. The van der Waals surface area contributed by atoms with Crippen molar-refractivity contribution in [2.75, 3.05) is 0 Å². The molecule has 0 atom stereocenters. The zero-order chi connectivity index (χ0) is 15.8. The minimum atomic E-state index is -0.244. The van der Waals surface area contributed by atoms with Crippen LogP contribution in [0.4, 0.5) is 4.79 Å². The molecule has 5 nitrogen and oxygen atoms in total. The highest BCUT2D eigenvalue weighted by atomic mass is 32.2. The highest BCUT2D eigenvalue weighted by Crippen LogP contribution is 2.53.